The van der Waals surface area contributed by atoms with Crippen LogP contribution in [0.5, 0.6) is 5.75 Å². The normalized spacial score (nSPS) is 10.7. The maximum atomic E-state index is 11.2. The number of carbonyl (C=O) groups is 1. The Morgan fingerprint density at radius 2 is 1.85 bits per heavy atom. The molecule has 2 aromatic carbocycles. The fraction of sp³-hybridized carbons (Fsp3) is 0.273. The minimum Gasteiger partial charge on any atom is -0.494 e. The van der Waals surface area contributed by atoms with Gasteiger partial charge in [-0.3, -0.25) is 4.79 Å². The summed E-state index contributed by atoms with van der Waals surface area (Å²) in [5, 5.41) is 10.1. The largest absolute Gasteiger partial charge is 0.494 e. The molecular weight excluding hydrogens is 358 g/mol. The van der Waals surface area contributed by atoms with Crippen LogP contribution < -0.4 is 4.74 Å². The lowest BCUT2D eigenvalue weighted by molar-refractivity contribution is -0.136. The minimum absolute atomic E-state index is 0.00215. The van der Waals surface area contributed by atoms with Crippen LogP contribution in [0.2, 0.25) is 0 Å². The zero-order valence-corrected chi connectivity index (χ0v) is 16.2. The first-order valence-electron chi connectivity index (χ1n) is 9.13. The summed E-state index contributed by atoms with van der Waals surface area (Å²) in [6.45, 7) is 2.74. The number of benzene rings is 2. The SMILES string of the molecule is CCc1ccc(OCCCc2nc(-c3ccccc3)c(CC(=O)O)s2)cc1. The third kappa shape index (κ3) is 5.41. The Morgan fingerprint density at radius 1 is 1.11 bits per heavy atom. The average Bonchev–Trinajstić information content (AvgIpc) is 3.08. The molecule has 1 aromatic heterocycles. The van der Waals surface area contributed by atoms with Crippen molar-refractivity contribution >= 4 is 17.3 Å². The smallest absolute Gasteiger partial charge is 0.308 e. The van der Waals surface area contributed by atoms with Crippen molar-refractivity contribution in [1.82, 2.24) is 4.98 Å². The first-order chi connectivity index (χ1) is 13.2. The van der Waals surface area contributed by atoms with Crippen LogP contribution in [0.25, 0.3) is 11.3 Å². The molecule has 0 fully saturated rings. The Kier molecular flexibility index (Phi) is 6.60. The van der Waals surface area contributed by atoms with Crippen molar-refractivity contribution in [2.24, 2.45) is 0 Å². The van der Waals surface area contributed by atoms with E-state index in [1.54, 1.807) is 0 Å². The topological polar surface area (TPSA) is 59.4 Å². The van der Waals surface area contributed by atoms with Crippen molar-refractivity contribution in [3.8, 4) is 17.0 Å². The summed E-state index contributed by atoms with van der Waals surface area (Å²) in [6, 6.07) is 17.9. The summed E-state index contributed by atoms with van der Waals surface area (Å²) in [5.41, 5.74) is 3.04. The maximum absolute atomic E-state index is 11.2. The van der Waals surface area contributed by atoms with E-state index in [0.717, 1.165) is 46.2 Å². The lowest BCUT2D eigenvalue weighted by Gasteiger charge is -2.06. The fourth-order valence-electron chi connectivity index (χ4n) is 2.82. The second kappa shape index (κ2) is 9.33. The molecule has 0 aliphatic carbocycles. The number of thiazole rings is 1. The zero-order chi connectivity index (χ0) is 19.1. The molecule has 0 amide bonds. The highest BCUT2D eigenvalue weighted by Gasteiger charge is 2.15. The van der Waals surface area contributed by atoms with Crippen LogP contribution >= 0.6 is 11.3 Å². The molecule has 140 valence electrons. The molecule has 27 heavy (non-hydrogen) atoms. The monoisotopic (exact) mass is 381 g/mol. The van der Waals surface area contributed by atoms with Crippen LogP contribution in [0.4, 0.5) is 0 Å². The number of ether oxygens (including phenoxy) is 1. The number of nitrogens with zero attached hydrogens (tertiary/aromatic N) is 1. The molecule has 3 aromatic rings. The number of aromatic nitrogens is 1. The van der Waals surface area contributed by atoms with E-state index in [2.05, 4.69) is 19.1 Å². The van der Waals surface area contributed by atoms with Gasteiger partial charge in [-0.05, 0) is 30.5 Å². The van der Waals surface area contributed by atoms with E-state index in [1.807, 2.05) is 42.5 Å². The Morgan fingerprint density at radius 3 is 2.52 bits per heavy atom. The molecule has 0 spiro atoms. The van der Waals surface area contributed by atoms with Gasteiger partial charge in [-0.15, -0.1) is 11.3 Å². The highest BCUT2D eigenvalue weighted by molar-refractivity contribution is 7.12. The number of rotatable bonds is 9. The van der Waals surface area contributed by atoms with Gasteiger partial charge in [0.05, 0.1) is 23.7 Å². The van der Waals surface area contributed by atoms with Gasteiger partial charge < -0.3 is 9.84 Å². The quantitative estimate of drug-likeness (QED) is 0.529. The van der Waals surface area contributed by atoms with Gasteiger partial charge in [0, 0.05) is 16.9 Å². The predicted octanol–water partition coefficient (Wildman–Crippen LogP) is 5.01. The molecule has 0 unspecified atom stereocenters. The second-order valence-electron chi connectivity index (χ2n) is 6.27. The molecule has 1 heterocycles. The van der Waals surface area contributed by atoms with Crippen LogP contribution in [0.1, 0.15) is 28.8 Å². The van der Waals surface area contributed by atoms with Gasteiger partial charge in [0.15, 0.2) is 0 Å². The summed E-state index contributed by atoms with van der Waals surface area (Å²) in [4.78, 5) is 16.7. The van der Waals surface area contributed by atoms with Crippen LogP contribution in [0.15, 0.2) is 54.6 Å². The van der Waals surface area contributed by atoms with Crippen LogP contribution in [0.3, 0.4) is 0 Å². The predicted molar refractivity (Wildman–Crippen MR) is 109 cm³/mol. The molecule has 4 nitrogen and oxygen atoms in total. The lowest BCUT2D eigenvalue weighted by Crippen LogP contribution is -1.99. The van der Waals surface area contributed by atoms with Crippen LogP contribution in [0, 0.1) is 0 Å². The molecule has 1 N–H and O–H groups in total. The van der Waals surface area contributed by atoms with Gasteiger partial charge in [0.2, 0.25) is 0 Å². The third-order valence-corrected chi connectivity index (χ3v) is 5.35. The van der Waals surface area contributed by atoms with E-state index in [9.17, 15) is 9.90 Å². The van der Waals surface area contributed by atoms with Crippen molar-refractivity contribution in [1.29, 1.82) is 0 Å². The first kappa shape index (κ1) is 19.1. The van der Waals surface area contributed by atoms with E-state index in [4.69, 9.17) is 9.72 Å². The summed E-state index contributed by atoms with van der Waals surface area (Å²) in [6.07, 6.45) is 2.63. The van der Waals surface area contributed by atoms with E-state index in [1.165, 1.54) is 16.9 Å². The van der Waals surface area contributed by atoms with Gasteiger partial charge in [-0.25, -0.2) is 4.98 Å². The van der Waals surface area contributed by atoms with E-state index in [-0.39, 0.29) is 6.42 Å². The van der Waals surface area contributed by atoms with Crippen LogP contribution in [-0.4, -0.2) is 22.7 Å². The molecule has 0 radical (unpaired) electrons. The molecule has 0 atom stereocenters. The number of carboxylic acid groups (broad SMARTS) is 1. The summed E-state index contributed by atoms with van der Waals surface area (Å²) < 4.78 is 5.80. The van der Waals surface area contributed by atoms with E-state index in [0.29, 0.717) is 6.61 Å². The van der Waals surface area contributed by atoms with Gasteiger partial charge in [0.25, 0.3) is 0 Å². The third-order valence-electron chi connectivity index (χ3n) is 4.24. The number of aliphatic carboxylic acids is 1. The standard InChI is InChI=1S/C22H23NO3S/c1-2-16-10-12-18(13-11-16)26-14-6-9-20-23-22(17-7-4-3-5-8-17)19(27-20)15-21(24)25/h3-5,7-8,10-13H,2,6,9,14-15H2,1H3,(H,24,25). The van der Waals surface area contributed by atoms with Crippen molar-refractivity contribution in [2.45, 2.75) is 32.6 Å². The molecule has 0 bridgehead atoms. The zero-order valence-electron chi connectivity index (χ0n) is 15.4. The average molecular weight is 381 g/mol. The Labute approximate surface area is 163 Å². The van der Waals surface area contributed by atoms with Crippen LogP contribution in [-0.2, 0) is 24.1 Å². The van der Waals surface area contributed by atoms with Crippen molar-refractivity contribution in [2.75, 3.05) is 6.61 Å². The molecular formula is C22H23NO3S. The maximum Gasteiger partial charge on any atom is 0.308 e. The molecule has 0 aliphatic rings. The summed E-state index contributed by atoms with van der Waals surface area (Å²) in [5.74, 6) is 0.0455. The lowest BCUT2D eigenvalue weighted by atomic mass is 10.1. The van der Waals surface area contributed by atoms with Crippen molar-refractivity contribution in [3.63, 3.8) is 0 Å². The highest BCUT2D eigenvalue weighted by Crippen LogP contribution is 2.29. The Bertz CT molecular complexity index is 872. The Balaban J connectivity index is 1.61. The van der Waals surface area contributed by atoms with E-state index >= 15 is 0 Å². The minimum atomic E-state index is -0.832. The number of hydrogen-bond acceptors (Lipinski definition) is 4. The Hall–Kier alpha value is -2.66. The molecule has 0 aliphatic heterocycles. The van der Waals surface area contributed by atoms with Gasteiger partial charge >= 0.3 is 5.97 Å². The first-order valence-corrected chi connectivity index (χ1v) is 9.95. The van der Waals surface area contributed by atoms with Gasteiger partial charge in [-0.1, -0.05) is 49.4 Å². The number of hydrogen-bond donors (Lipinski definition) is 1. The molecule has 0 saturated carbocycles. The van der Waals surface area contributed by atoms with Gasteiger partial charge in [0.1, 0.15) is 5.75 Å². The fourth-order valence-corrected chi connectivity index (χ4v) is 3.94. The van der Waals surface area contributed by atoms with Crippen molar-refractivity contribution in [3.05, 3.63) is 70.0 Å². The highest BCUT2D eigenvalue weighted by atomic mass is 32.1. The summed E-state index contributed by atoms with van der Waals surface area (Å²) in [7, 11) is 0. The summed E-state index contributed by atoms with van der Waals surface area (Å²) >= 11 is 1.49. The molecule has 3 rings (SSSR count). The number of aryl methyl sites for hydroxylation is 2. The van der Waals surface area contributed by atoms with Crippen molar-refractivity contribution < 1.29 is 14.6 Å². The molecule has 0 saturated heterocycles. The number of carboxylic acids is 1. The van der Waals surface area contributed by atoms with Gasteiger partial charge in [-0.2, -0.15) is 0 Å². The second-order valence-corrected chi connectivity index (χ2v) is 7.43. The molecule has 5 heteroatoms. The van der Waals surface area contributed by atoms with E-state index < -0.39 is 5.97 Å².